The summed E-state index contributed by atoms with van der Waals surface area (Å²) in [7, 11) is 1.73. The van der Waals surface area contributed by atoms with Gasteiger partial charge in [0, 0.05) is 19.8 Å². The van der Waals surface area contributed by atoms with Gasteiger partial charge in [-0.3, -0.25) is 10.4 Å². The van der Waals surface area contributed by atoms with Crippen LogP contribution in [0, 0.1) is 0 Å². The van der Waals surface area contributed by atoms with Crippen LogP contribution in [0.2, 0.25) is 0 Å². The van der Waals surface area contributed by atoms with Gasteiger partial charge < -0.3 is 5.73 Å². The normalized spacial score (nSPS) is 14.1. The van der Waals surface area contributed by atoms with Crippen molar-refractivity contribution >= 4 is 11.8 Å². The van der Waals surface area contributed by atoms with Crippen LogP contribution in [-0.4, -0.2) is 29.7 Å². The third-order valence-corrected chi connectivity index (χ3v) is 2.34. The van der Waals surface area contributed by atoms with Crippen LogP contribution in [0.4, 0.5) is 10.6 Å². The van der Waals surface area contributed by atoms with E-state index in [2.05, 4.69) is 10.4 Å². The molecule has 0 saturated heterocycles. The van der Waals surface area contributed by atoms with E-state index in [0.717, 1.165) is 18.8 Å². The number of carbonyl (C=O) groups is 1. The van der Waals surface area contributed by atoms with Crippen molar-refractivity contribution < 1.29 is 4.79 Å². The molecule has 1 aliphatic heterocycles. The number of rotatable bonds is 2. The molecule has 0 fully saturated rings. The zero-order valence-electron chi connectivity index (χ0n) is 8.47. The van der Waals surface area contributed by atoms with Crippen LogP contribution in [0.15, 0.2) is 18.3 Å². The lowest BCUT2D eigenvalue weighted by molar-refractivity contribution is 0.197. The Balaban J connectivity index is 2.16. The van der Waals surface area contributed by atoms with Crippen molar-refractivity contribution in [3.63, 3.8) is 0 Å². The zero-order chi connectivity index (χ0) is 10.8. The summed E-state index contributed by atoms with van der Waals surface area (Å²) in [5.41, 5.74) is 8.70. The summed E-state index contributed by atoms with van der Waals surface area (Å²) in [6, 6.07) is 3.35. The molecule has 6 heteroatoms. The molecule has 2 heterocycles. The quantitative estimate of drug-likeness (QED) is 0.663. The molecule has 6 nitrogen and oxygen atoms in total. The number of nitrogens with two attached hydrogens (primary N) is 1. The van der Waals surface area contributed by atoms with E-state index in [4.69, 9.17) is 5.73 Å². The second kappa shape index (κ2) is 3.74. The number of urea groups is 1. The first-order valence-corrected chi connectivity index (χ1v) is 4.69. The van der Waals surface area contributed by atoms with Gasteiger partial charge in [0.05, 0.1) is 0 Å². The van der Waals surface area contributed by atoms with Gasteiger partial charge in [-0.05, 0) is 18.1 Å². The van der Waals surface area contributed by atoms with E-state index >= 15 is 0 Å². The highest BCUT2D eigenvalue weighted by atomic mass is 16.2. The molecule has 0 bridgehead atoms. The first-order chi connectivity index (χ1) is 7.18. The lowest BCUT2D eigenvalue weighted by Crippen LogP contribution is -2.52. The zero-order valence-corrected chi connectivity index (χ0v) is 8.47. The van der Waals surface area contributed by atoms with Crippen LogP contribution in [0.5, 0.6) is 0 Å². The van der Waals surface area contributed by atoms with Gasteiger partial charge in [0.1, 0.15) is 5.82 Å². The Labute approximate surface area is 87.6 Å². The van der Waals surface area contributed by atoms with Gasteiger partial charge in [-0.1, -0.05) is 6.07 Å². The number of nitrogens with one attached hydrogen (secondary N) is 1. The summed E-state index contributed by atoms with van der Waals surface area (Å²) in [6.07, 6.45) is 2.66. The average Bonchev–Trinajstić information content (AvgIpc) is 2.59. The number of hydrogen-bond donors (Lipinski definition) is 2. The molecule has 3 N–H and O–H groups in total. The van der Waals surface area contributed by atoms with Crippen LogP contribution in [0.1, 0.15) is 5.56 Å². The molecule has 2 rings (SSSR count). The monoisotopic (exact) mass is 207 g/mol. The number of pyridine rings is 1. The second-order valence-corrected chi connectivity index (χ2v) is 3.36. The number of anilines is 1. The van der Waals surface area contributed by atoms with Gasteiger partial charge in [0.15, 0.2) is 0 Å². The molecule has 0 unspecified atom stereocenters. The molecule has 2 amide bonds. The summed E-state index contributed by atoms with van der Waals surface area (Å²) in [4.78, 5) is 15.0. The third kappa shape index (κ3) is 1.84. The summed E-state index contributed by atoms with van der Waals surface area (Å²) in [5, 5.41) is 3.43. The van der Waals surface area contributed by atoms with Crippen molar-refractivity contribution in [3.8, 4) is 0 Å². The van der Waals surface area contributed by atoms with Crippen molar-refractivity contribution in [2.75, 3.05) is 18.6 Å². The van der Waals surface area contributed by atoms with E-state index in [1.54, 1.807) is 18.4 Å². The predicted octanol–water partition coefficient (Wildman–Crippen LogP) is -0.126. The standard InChI is InChI=1S/C9H13N5O/c1-13(12-9(10)15)14-6-4-7-3-2-5-11-8(7)14/h2-3,5H,4,6H2,1H3,(H3,10,12,15). The van der Waals surface area contributed by atoms with Gasteiger partial charge in [0.25, 0.3) is 0 Å². The minimum absolute atomic E-state index is 0.582. The van der Waals surface area contributed by atoms with Gasteiger partial charge in [-0.15, -0.1) is 5.12 Å². The minimum Gasteiger partial charge on any atom is -0.351 e. The van der Waals surface area contributed by atoms with E-state index in [-0.39, 0.29) is 0 Å². The fourth-order valence-corrected chi connectivity index (χ4v) is 1.70. The van der Waals surface area contributed by atoms with Crippen molar-refractivity contribution in [1.82, 2.24) is 15.5 Å². The second-order valence-electron chi connectivity index (χ2n) is 3.36. The topological polar surface area (TPSA) is 74.5 Å². The van der Waals surface area contributed by atoms with E-state index in [9.17, 15) is 4.79 Å². The highest BCUT2D eigenvalue weighted by Crippen LogP contribution is 2.24. The molecule has 0 radical (unpaired) electrons. The Morgan fingerprint density at radius 2 is 2.53 bits per heavy atom. The van der Waals surface area contributed by atoms with Crippen LogP contribution >= 0.6 is 0 Å². The smallest absolute Gasteiger partial charge is 0.328 e. The van der Waals surface area contributed by atoms with E-state index in [1.807, 2.05) is 17.1 Å². The molecule has 0 aromatic carbocycles. The maximum Gasteiger partial charge on any atom is 0.328 e. The Hall–Kier alpha value is -1.82. The van der Waals surface area contributed by atoms with E-state index in [1.165, 1.54) is 5.56 Å². The SMILES string of the molecule is CN(NC(N)=O)N1CCc2cccnc21. The summed E-state index contributed by atoms with van der Waals surface area (Å²) in [6.45, 7) is 0.795. The summed E-state index contributed by atoms with van der Waals surface area (Å²) >= 11 is 0. The molecule has 15 heavy (non-hydrogen) atoms. The van der Waals surface area contributed by atoms with Crippen LogP contribution in [-0.2, 0) is 6.42 Å². The number of amides is 2. The van der Waals surface area contributed by atoms with Crippen molar-refractivity contribution in [3.05, 3.63) is 23.9 Å². The van der Waals surface area contributed by atoms with E-state index in [0.29, 0.717) is 0 Å². The molecular formula is C9H13N5O. The van der Waals surface area contributed by atoms with Crippen molar-refractivity contribution in [2.24, 2.45) is 5.73 Å². The number of hydrogen-bond acceptors (Lipinski definition) is 4. The maximum atomic E-state index is 10.7. The van der Waals surface area contributed by atoms with Gasteiger partial charge in [-0.25, -0.2) is 9.78 Å². The summed E-state index contributed by atoms with van der Waals surface area (Å²) < 4.78 is 0. The number of primary amides is 1. The van der Waals surface area contributed by atoms with Gasteiger partial charge in [-0.2, -0.15) is 0 Å². The van der Waals surface area contributed by atoms with Gasteiger partial charge >= 0.3 is 6.03 Å². The predicted molar refractivity (Wildman–Crippen MR) is 55.8 cm³/mol. The molecule has 0 spiro atoms. The first-order valence-electron chi connectivity index (χ1n) is 4.69. The maximum absolute atomic E-state index is 10.7. The fourth-order valence-electron chi connectivity index (χ4n) is 1.70. The Kier molecular flexibility index (Phi) is 2.42. The molecule has 1 aromatic heterocycles. The van der Waals surface area contributed by atoms with Crippen molar-refractivity contribution in [2.45, 2.75) is 6.42 Å². The third-order valence-electron chi connectivity index (χ3n) is 2.34. The first kappa shape index (κ1) is 9.72. The number of nitrogens with zero attached hydrogens (tertiary/aromatic N) is 3. The largest absolute Gasteiger partial charge is 0.351 e. The Morgan fingerprint density at radius 3 is 3.27 bits per heavy atom. The highest BCUT2D eigenvalue weighted by Gasteiger charge is 2.23. The highest BCUT2D eigenvalue weighted by molar-refractivity contribution is 5.71. The minimum atomic E-state index is -0.582. The number of carbonyl (C=O) groups excluding carboxylic acids is 1. The fraction of sp³-hybridized carbons (Fsp3) is 0.333. The van der Waals surface area contributed by atoms with E-state index < -0.39 is 6.03 Å². The molecule has 80 valence electrons. The molecular weight excluding hydrogens is 194 g/mol. The van der Waals surface area contributed by atoms with Crippen LogP contribution < -0.4 is 16.2 Å². The lowest BCUT2D eigenvalue weighted by Gasteiger charge is -2.28. The Morgan fingerprint density at radius 1 is 1.73 bits per heavy atom. The number of aromatic nitrogens is 1. The lowest BCUT2D eigenvalue weighted by atomic mass is 10.2. The van der Waals surface area contributed by atoms with Gasteiger partial charge in [0.2, 0.25) is 0 Å². The number of hydrazine groups is 2. The van der Waals surface area contributed by atoms with Crippen LogP contribution in [0.25, 0.3) is 0 Å². The average molecular weight is 207 g/mol. The molecule has 0 saturated carbocycles. The Bertz CT molecular complexity index is 381. The molecule has 0 aliphatic carbocycles. The molecule has 1 aromatic rings. The van der Waals surface area contributed by atoms with Crippen molar-refractivity contribution in [1.29, 1.82) is 0 Å². The molecule has 0 atom stereocenters. The number of fused-ring (bicyclic) bond motifs is 1. The summed E-state index contributed by atoms with van der Waals surface area (Å²) in [5.74, 6) is 0.869. The van der Waals surface area contributed by atoms with Crippen LogP contribution in [0.3, 0.4) is 0 Å². The molecule has 1 aliphatic rings.